The summed E-state index contributed by atoms with van der Waals surface area (Å²) < 4.78 is 0. The summed E-state index contributed by atoms with van der Waals surface area (Å²) in [4.78, 5) is 2.45. The third kappa shape index (κ3) is 5.88. The molecule has 0 heterocycles. The number of benzene rings is 2. The highest BCUT2D eigenvalue weighted by Gasteiger charge is 2.01. The molecule has 21 heavy (non-hydrogen) atoms. The lowest BCUT2D eigenvalue weighted by atomic mass is 10.3. The molecule has 0 saturated heterocycles. The molecule has 2 aromatic carbocycles. The van der Waals surface area contributed by atoms with E-state index in [-0.39, 0.29) is 0 Å². The molecule has 0 aromatic heterocycles. The summed E-state index contributed by atoms with van der Waals surface area (Å²) in [5.41, 5.74) is 2.38. The van der Waals surface area contributed by atoms with Crippen molar-refractivity contribution >= 4 is 11.4 Å². The molecule has 2 rings (SSSR count). The number of nitrogens with one attached hydrogen (secondary N) is 2. The van der Waals surface area contributed by atoms with Crippen LogP contribution in [0.25, 0.3) is 0 Å². The van der Waals surface area contributed by atoms with Crippen molar-refractivity contribution < 1.29 is 0 Å². The monoisotopic (exact) mass is 283 g/mol. The van der Waals surface area contributed by atoms with Gasteiger partial charge < -0.3 is 15.5 Å². The van der Waals surface area contributed by atoms with Crippen molar-refractivity contribution in [1.29, 1.82) is 0 Å². The number of hydrogen-bond acceptors (Lipinski definition) is 3. The van der Waals surface area contributed by atoms with Gasteiger partial charge in [0.05, 0.1) is 0 Å². The summed E-state index contributed by atoms with van der Waals surface area (Å²) in [7, 11) is 0. The van der Waals surface area contributed by atoms with E-state index in [4.69, 9.17) is 0 Å². The topological polar surface area (TPSA) is 27.3 Å². The lowest BCUT2D eigenvalue weighted by Crippen LogP contribution is -2.33. The van der Waals surface area contributed by atoms with Gasteiger partial charge in [0.15, 0.2) is 0 Å². The first-order valence-electron chi connectivity index (χ1n) is 7.68. The van der Waals surface area contributed by atoms with Crippen LogP contribution >= 0.6 is 0 Å². The van der Waals surface area contributed by atoms with Crippen LogP contribution in [0.4, 0.5) is 11.4 Å². The normalized spacial score (nSPS) is 10.6. The van der Waals surface area contributed by atoms with E-state index in [0.717, 1.165) is 32.7 Å². The largest absolute Gasteiger partial charge is 0.384 e. The average molecular weight is 283 g/mol. The van der Waals surface area contributed by atoms with Crippen LogP contribution in [0.1, 0.15) is 6.92 Å². The van der Waals surface area contributed by atoms with Crippen molar-refractivity contribution in [3.05, 3.63) is 60.7 Å². The van der Waals surface area contributed by atoms with Crippen molar-refractivity contribution in [3.63, 3.8) is 0 Å². The maximum atomic E-state index is 3.46. The Morgan fingerprint density at radius 3 is 1.52 bits per heavy atom. The molecule has 0 fully saturated rings. The van der Waals surface area contributed by atoms with E-state index < -0.39 is 0 Å². The first kappa shape index (κ1) is 15.4. The minimum Gasteiger partial charge on any atom is -0.384 e. The molecule has 2 aromatic rings. The van der Waals surface area contributed by atoms with E-state index in [2.05, 4.69) is 71.0 Å². The molecular weight excluding hydrogens is 258 g/mol. The molecule has 0 spiro atoms. The molecule has 0 unspecified atom stereocenters. The van der Waals surface area contributed by atoms with Crippen LogP contribution in [0.5, 0.6) is 0 Å². The van der Waals surface area contributed by atoms with Gasteiger partial charge in [0, 0.05) is 37.6 Å². The number of likely N-dealkylation sites (N-methyl/N-ethyl adjacent to an activating group) is 1. The molecule has 0 atom stereocenters. The van der Waals surface area contributed by atoms with Gasteiger partial charge in [-0.15, -0.1) is 0 Å². The number of rotatable bonds is 9. The molecular formula is C18H25N3. The Bertz CT molecular complexity index is 439. The predicted molar refractivity (Wildman–Crippen MR) is 92.0 cm³/mol. The third-order valence-electron chi connectivity index (χ3n) is 3.51. The number of hydrogen-bond donors (Lipinski definition) is 2. The Labute approximate surface area is 128 Å². The molecule has 3 heteroatoms. The molecule has 2 N–H and O–H groups in total. The molecule has 0 saturated carbocycles. The van der Waals surface area contributed by atoms with Crippen LogP contribution in [0, 0.1) is 0 Å². The van der Waals surface area contributed by atoms with E-state index in [1.54, 1.807) is 0 Å². The fourth-order valence-electron chi connectivity index (χ4n) is 2.26. The fourth-order valence-corrected chi connectivity index (χ4v) is 2.26. The summed E-state index contributed by atoms with van der Waals surface area (Å²) in [6.45, 7) is 7.36. The SMILES string of the molecule is CCN(CCNc1ccccc1)CCNc1ccccc1. The molecule has 0 aliphatic heterocycles. The number of para-hydroxylation sites is 2. The van der Waals surface area contributed by atoms with Gasteiger partial charge in [-0.05, 0) is 30.8 Å². The maximum Gasteiger partial charge on any atom is 0.0340 e. The van der Waals surface area contributed by atoms with Crippen LogP contribution in [0.15, 0.2) is 60.7 Å². The average Bonchev–Trinajstić information content (AvgIpc) is 2.55. The van der Waals surface area contributed by atoms with Gasteiger partial charge in [0.1, 0.15) is 0 Å². The fraction of sp³-hybridized carbons (Fsp3) is 0.333. The van der Waals surface area contributed by atoms with Crippen molar-refractivity contribution in [2.24, 2.45) is 0 Å². The van der Waals surface area contributed by atoms with Crippen LogP contribution < -0.4 is 10.6 Å². The highest BCUT2D eigenvalue weighted by atomic mass is 15.1. The maximum absolute atomic E-state index is 3.46. The van der Waals surface area contributed by atoms with E-state index in [9.17, 15) is 0 Å². The zero-order valence-electron chi connectivity index (χ0n) is 12.8. The van der Waals surface area contributed by atoms with Crippen LogP contribution in [-0.2, 0) is 0 Å². The van der Waals surface area contributed by atoms with E-state index in [1.165, 1.54) is 11.4 Å². The predicted octanol–water partition coefficient (Wildman–Crippen LogP) is 3.53. The van der Waals surface area contributed by atoms with Crippen molar-refractivity contribution in [3.8, 4) is 0 Å². The summed E-state index contributed by atoms with van der Waals surface area (Å²) in [6, 6.07) is 20.7. The lowest BCUT2D eigenvalue weighted by molar-refractivity contribution is 0.311. The minimum atomic E-state index is 0.975. The third-order valence-corrected chi connectivity index (χ3v) is 3.51. The second-order valence-electron chi connectivity index (χ2n) is 5.02. The summed E-state index contributed by atoms with van der Waals surface area (Å²) >= 11 is 0. The molecule has 0 aliphatic carbocycles. The second-order valence-corrected chi connectivity index (χ2v) is 5.02. The van der Waals surface area contributed by atoms with Gasteiger partial charge in [0.25, 0.3) is 0 Å². The zero-order chi connectivity index (χ0) is 14.8. The molecule has 3 nitrogen and oxygen atoms in total. The summed E-state index contributed by atoms with van der Waals surface area (Å²) in [6.07, 6.45) is 0. The number of anilines is 2. The smallest absolute Gasteiger partial charge is 0.0340 e. The molecule has 0 radical (unpaired) electrons. The lowest BCUT2D eigenvalue weighted by Gasteiger charge is -2.21. The Morgan fingerprint density at radius 2 is 1.14 bits per heavy atom. The first-order chi connectivity index (χ1) is 10.4. The Balaban J connectivity index is 1.64. The van der Waals surface area contributed by atoms with Gasteiger partial charge in [-0.2, -0.15) is 0 Å². The van der Waals surface area contributed by atoms with Gasteiger partial charge >= 0.3 is 0 Å². The van der Waals surface area contributed by atoms with Gasteiger partial charge in [0.2, 0.25) is 0 Å². The Hall–Kier alpha value is -2.00. The van der Waals surface area contributed by atoms with Crippen LogP contribution in [0.3, 0.4) is 0 Å². The van der Waals surface area contributed by atoms with Gasteiger partial charge in [-0.3, -0.25) is 0 Å². The minimum absolute atomic E-state index is 0.975. The highest BCUT2D eigenvalue weighted by molar-refractivity contribution is 5.43. The van der Waals surface area contributed by atoms with E-state index in [0.29, 0.717) is 0 Å². The highest BCUT2D eigenvalue weighted by Crippen LogP contribution is 2.05. The molecule has 0 aliphatic rings. The second kappa shape index (κ2) is 9.03. The Kier molecular flexibility index (Phi) is 6.62. The summed E-state index contributed by atoms with van der Waals surface area (Å²) in [5, 5.41) is 6.91. The number of nitrogens with zero attached hydrogens (tertiary/aromatic N) is 1. The quantitative estimate of drug-likeness (QED) is 0.737. The van der Waals surface area contributed by atoms with Gasteiger partial charge in [-0.1, -0.05) is 43.3 Å². The summed E-state index contributed by atoms with van der Waals surface area (Å²) in [5.74, 6) is 0. The standard InChI is InChI=1S/C18H25N3/c1-2-21(15-13-19-17-9-5-3-6-10-17)16-14-20-18-11-7-4-8-12-18/h3-12,19-20H,2,13-16H2,1H3. The van der Waals surface area contributed by atoms with Crippen LogP contribution in [-0.4, -0.2) is 37.6 Å². The van der Waals surface area contributed by atoms with Crippen molar-refractivity contribution in [2.75, 3.05) is 43.4 Å². The molecule has 0 amide bonds. The first-order valence-corrected chi connectivity index (χ1v) is 7.68. The van der Waals surface area contributed by atoms with Crippen molar-refractivity contribution in [2.45, 2.75) is 6.92 Å². The van der Waals surface area contributed by atoms with E-state index >= 15 is 0 Å². The van der Waals surface area contributed by atoms with Gasteiger partial charge in [-0.25, -0.2) is 0 Å². The van der Waals surface area contributed by atoms with Crippen molar-refractivity contribution in [1.82, 2.24) is 4.90 Å². The van der Waals surface area contributed by atoms with E-state index in [1.807, 2.05) is 12.1 Å². The molecule has 112 valence electrons. The zero-order valence-corrected chi connectivity index (χ0v) is 12.8. The Morgan fingerprint density at radius 1 is 0.714 bits per heavy atom. The van der Waals surface area contributed by atoms with Crippen LogP contribution in [0.2, 0.25) is 0 Å². The molecule has 0 bridgehead atoms.